The zero-order valence-corrected chi connectivity index (χ0v) is 22.6. The van der Waals surface area contributed by atoms with Gasteiger partial charge in [0.15, 0.2) is 0 Å². The SMILES string of the molecule is Cc1ccc(CC(=O)N(Cc2ccc(Br)cc2)[C@@H](Cc2ccccc2)C(=O)NCC(C)C)cc1C. The van der Waals surface area contributed by atoms with Crippen molar-refractivity contribution < 1.29 is 9.59 Å². The molecule has 184 valence electrons. The second kappa shape index (κ2) is 12.7. The molecule has 0 radical (unpaired) electrons. The number of aryl methyl sites for hydroxylation is 2. The molecule has 0 heterocycles. The minimum atomic E-state index is -0.612. The number of nitrogens with one attached hydrogen (secondary N) is 1. The van der Waals surface area contributed by atoms with Crippen LogP contribution < -0.4 is 5.32 Å². The molecular weight excluding hydrogens is 500 g/mol. The van der Waals surface area contributed by atoms with Gasteiger partial charge >= 0.3 is 0 Å². The highest BCUT2D eigenvalue weighted by Crippen LogP contribution is 2.19. The van der Waals surface area contributed by atoms with Crippen LogP contribution in [0.15, 0.2) is 77.3 Å². The molecule has 3 aromatic rings. The molecule has 1 N–H and O–H groups in total. The van der Waals surface area contributed by atoms with Gasteiger partial charge in [-0.25, -0.2) is 0 Å². The quantitative estimate of drug-likeness (QED) is 0.345. The number of halogens is 1. The van der Waals surface area contributed by atoms with Gasteiger partial charge in [0.2, 0.25) is 11.8 Å². The summed E-state index contributed by atoms with van der Waals surface area (Å²) in [5.74, 6) is 0.146. The molecule has 0 aromatic heterocycles. The number of amides is 2. The van der Waals surface area contributed by atoms with E-state index in [2.05, 4.69) is 55.0 Å². The molecule has 2 amide bonds. The highest BCUT2D eigenvalue weighted by Gasteiger charge is 2.30. The lowest BCUT2D eigenvalue weighted by atomic mass is 10.00. The predicted octanol–water partition coefficient (Wildman–Crippen LogP) is 6.02. The van der Waals surface area contributed by atoms with E-state index in [0.717, 1.165) is 26.7 Å². The third-order valence-electron chi connectivity index (χ3n) is 6.15. The van der Waals surface area contributed by atoms with E-state index in [4.69, 9.17) is 0 Å². The number of hydrogen-bond donors (Lipinski definition) is 1. The van der Waals surface area contributed by atoms with Gasteiger partial charge < -0.3 is 10.2 Å². The average Bonchev–Trinajstić information content (AvgIpc) is 2.84. The van der Waals surface area contributed by atoms with Crippen LogP contribution in [0.1, 0.15) is 41.7 Å². The first-order valence-electron chi connectivity index (χ1n) is 12.1. The summed E-state index contributed by atoms with van der Waals surface area (Å²) < 4.78 is 0.977. The molecule has 0 aliphatic rings. The Morgan fingerprint density at radius 2 is 1.51 bits per heavy atom. The van der Waals surface area contributed by atoms with Gasteiger partial charge in [0.05, 0.1) is 6.42 Å². The van der Waals surface area contributed by atoms with Crippen LogP contribution >= 0.6 is 15.9 Å². The highest BCUT2D eigenvalue weighted by molar-refractivity contribution is 9.10. The first kappa shape index (κ1) is 26.7. The summed E-state index contributed by atoms with van der Waals surface area (Å²) >= 11 is 3.48. The molecule has 1 atom stereocenters. The number of benzene rings is 3. The lowest BCUT2D eigenvalue weighted by Gasteiger charge is -2.32. The van der Waals surface area contributed by atoms with Crippen molar-refractivity contribution in [1.82, 2.24) is 10.2 Å². The van der Waals surface area contributed by atoms with Gasteiger partial charge in [0, 0.05) is 24.0 Å². The Hall–Kier alpha value is -2.92. The lowest BCUT2D eigenvalue weighted by Crippen LogP contribution is -2.51. The molecule has 0 saturated heterocycles. The number of nitrogens with zero attached hydrogens (tertiary/aromatic N) is 1. The molecule has 0 aliphatic carbocycles. The predicted molar refractivity (Wildman–Crippen MR) is 146 cm³/mol. The maximum Gasteiger partial charge on any atom is 0.243 e. The normalized spacial score (nSPS) is 11.8. The molecule has 0 bridgehead atoms. The summed E-state index contributed by atoms with van der Waals surface area (Å²) in [6, 6.07) is 23.3. The first-order valence-corrected chi connectivity index (χ1v) is 12.9. The Kier molecular flexibility index (Phi) is 9.67. The number of carbonyl (C=O) groups excluding carboxylic acids is 2. The van der Waals surface area contributed by atoms with E-state index in [1.165, 1.54) is 5.56 Å². The summed E-state index contributed by atoms with van der Waals surface area (Å²) in [7, 11) is 0. The van der Waals surface area contributed by atoms with Gasteiger partial charge in [-0.2, -0.15) is 0 Å². The van der Waals surface area contributed by atoms with Crippen molar-refractivity contribution in [2.75, 3.05) is 6.54 Å². The fourth-order valence-electron chi connectivity index (χ4n) is 3.95. The van der Waals surface area contributed by atoms with Gasteiger partial charge in [-0.3, -0.25) is 9.59 Å². The molecule has 0 unspecified atom stereocenters. The van der Waals surface area contributed by atoms with E-state index in [-0.39, 0.29) is 18.2 Å². The van der Waals surface area contributed by atoms with Gasteiger partial charge in [-0.15, -0.1) is 0 Å². The van der Waals surface area contributed by atoms with Crippen LogP contribution in [0.4, 0.5) is 0 Å². The zero-order valence-electron chi connectivity index (χ0n) is 21.1. The van der Waals surface area contributed by atoms with Crippen LogP contribution in [-0.2, 0) is 29.0 Å². The van der Waals surface area contributed by atoms with Crippen molar-refractivity contribution in [3.63, 3.8) is 0 Å². The standard InChI is InChI=1S/C30H35BrN2O2/c1-21(2)19-32-30(35)28(17-24-8-6-5-7-9-24)33(20-25-12-14-27(31)15-13-25)29(34)18-26-11-10-22(3)23(4)16-26/h5-16,21,28H,17-20H2,1-4H3,(H,32,35)/t28-/m0/s1. The Balaban J connectivity index is 1.95. The van der Waals surface area contributed by atoms with Crippen molar-refractivity contribution in [2.45, 2.75) is 53.1 Å². The third-order valence-corrected chi connectivity index (χ3v) is 6.68. The molecule has 35 heavy (non-hydrogen) atoms. The third kappa shape index (κ3) is 8.07. The van der Waals surface area contributed by atoms with Crippen LogP contribution in [0.3, 0.4) is 0 Å². The first-order chi connectivity index (χ1) is 16.7. The Labute approximate surface area is 217 Å². The highest BCUT2D eigenvalue weighted by atomic mass is 79.9. The topological polar surface area (TPSA) is 49.4 Å². The van der Waals surface area contributed by atoms with Crippen molar-refractivity contribution in [1.29, 1.82) is 0 Å². The fraction of sp³-hybridized carbons (Fsp3) is 0.333. The van der Waals surface area contributed by atoms with Crippen LogP contribution in [0.25, 0.3) is 0 Å². The van der Waals surface area contributed by atoms with Crippen LogP contribution in [0.2, 0.25) is 0 Å². The smallest absolute Gasteiger partial charge is 0.243 e. The van der Waals surface area contributed by atoms with Crippen molar-refractivity contribution in [3.05, 3.63) is 105 Å². The summed E-state index contributed by atoms with van der Waals surface area (Å²) in [4.78, 5) is 29.0. The van der Waals surface area contributed by atoms with Gasteiger partial charge in [-0.1, -0.05) is 90.4 Å². The molecule has 3 aromatic carbocycles. The molecule has 3 rings (SSSR count). The lowest BCUT2D eigenvalue weighted by molar-refractivity contribution is -0.140. The second-order valence-electron chi connectivity index (χ2n) is 9.59. The van der Waals surface area contributed by atoms with Crippen molar-refractivity contribution in [2.24, 2.45) is 5.92 Å². The minimum absolute atomic E-state index is 0.0585. The second-order valence-corrected chi connectivity index (χ2v) is 10.5. The Morgan fingerprint density at radius 3 is 2.14 bits per heavy atom. The molecule has 4 nitrogen and oxygen atoms in total. The van der Waals surface area contributed by atoms with Gasteiger partial charge in [0.1, 0.15) is 6.04 Å². The van der Waals surface area contributed by atoms with Crippen molar-refractivity contribution in [3.8, 4) is 0 Å². The van der Waals surface area contributed by atoms with E-state index in [9.17, 15) is 9.59 Å². The largest absolute Gasteiger partial charge is 0.354 e. The molecule has 0 fully saturated rings. The molecule has 0 saturated carbocycles. The zero-order chi connectivity index (χ0) is 25.4. The van der Waals surface area contributed by atoms with E-state index in [1.807, 2.05) is 66.7 Å². The minimum Gasteiger partial charge on any atom is -0.354 e. The average molecular weight is 536 g/mol. The van der Waals surface area contributed by atoms with E-state index in [0.29, 0.717) is 25.4 Å². The summed E-state index contributed by atoms with van der Waals surface area (Å²) in [6.45, 7) is 9.19. The molecule has 5 heteroatoms. The summed E-state index contributed by atoms with van der Waals surface area (Å²) in [5.41, 5.74) is 5.32. The van der Waals surface area contributed by atoms with E-state index < -0.39 is 6.04 Å². The fourth-order valence-corrected chi connectivity index (χ4v) is 4.22. The van der Waals surface area contributed by atoms with Crippen molar-refractivity contribution >= 4 is 27.7 Å². The maximum atomic E-state index is 13.8. The van der Waals surface area contributed by atoms with Gasteiger partial charge in [0.25, 0.3) is 0 Å². The maximum absolute atomic E-state index is 13.8. The van der Waals surface area contributed by atoms with E-state index in [1.54, 1.807) is 4.90 Å². The summed E-state index contributed by atoms with van der Waals surface area (Å²) in [6.07, 6.45) is 0.709. The monoisotopic (exact) mass is 534 g/mol. The molecule has 0 aliphatic heterocycles. The number of carbonyl (C=O) groups is 2. The summed E-state index contributed by atoms with van der Waals surface area (Å²) in [5, 5.41) is 3.07. The van der Waals surface area contributed by atoms with Crippen LogP contribution in [-0.4, -0.2) is 29.3 Å². The number of rotatable bonds is 10. The Bertz CT molecular complexity index is 1130. The Morgan fingerprint density at radius 1 is 0.857 bits per heavy atom. The molecule has 0 spiro atoms. The van der Waals surface area contributed by atoms with Crippen LogP contribution in [0.5, 0.6) is 0 Å². The van der Waals surface area contributed by atoms with E-state index >= 15 is 0 Å². The van der Waals surface area contributed by atoms with Crippen LogP contribution in [0, 0.1) is 19.8 Å². The van der Waals surface area contributed by atoms with Gasteiger partial charge in [-0.05, 0) is 59.7 Å². The molecular formula is C30H35BrN2O2. The number of hydrogen-bond acceptors (Lipinski definition) is 2.